The first kappa shape index (κ1) is 16.5. The second-order valence-corrected chi connectivity index (χ2v) is 6.80. The van der Waals surface area contributed by atoms with Crippen LogP contribution < -0.4 is 10.6 Å². The molecule has 0 saturated heterocycles. The summed E-state index contributed by atoms with van der Waals surface area (Å²) < 4.78 is 24.2. The first-order chi connectivity index (χ1) is 9.45. The van der Waals surface area contributed by atoms with E-state index < -0.39 is 9.84 Å². The minimum absolute atomic E-state index is 0.00564. The Kier molecular flexibility index (Phi) is 6.51. The first-order valence-electron chi connectivity index (χ1n) is 6.78. The Hall–Kier alpha value is -1.56. The highest BCUT2D eigenvalue weighted by Gasteiger charge is 2.13. The molecule has 5 nitrogen and oxygen atoms in total. The molecule has 0 radical (unpaired) electrons. The fraction of sp³-hybridized carbons (Fsp3) is 0.500. The van der Waals surface area contributed by atoms with Crippen molar-refractivity contribution in [1.82, 2.24) is 10.6 Å². The van der Waals surface area contributed by atoms with E-state index in [4.69, 9.17) is 0 Å². The van der Waals surface area contributed by atoms with Gasteiger partial charge in [-0.3, -0.25) is 4.99 Å². The molecule has 0 unspecified atom stereocenters. The summed E-state index contributed by atoms with van der Waals surface area (Å²) in [5.74, 6) is 0.650. The molecule has 0 saturated carbocycles. The maximum atomic E-state index is 12.1. The van der Waals surface area contributed by atoms with Crippen molar-refractivity contribution in [2.75, 3.05) is 18.8 Å². The minimum Gasteiger partial charge on any atom is -0.357 e. The molecular formula is C14H23N3O2S. The van der Waals surface area contributed by atoms with Crippen LogP contribution in [0.25, 0.3) is 0 Å². The molecule has 0 aliphatic rings. The van der Waals surface area contributed by atoms with Crippen LogP contribution in [0, 0.1) is 0 Å². The molecule has 0 aromatic heterocycles. The summed E-state index contributed by atoms with van der Waals surface area (Å²) in [6.45, 7) is 6.96. The fourth-order valence-corrected chi connectivity index (χ4v) is 2.76. The van der Waals surface area contributed by atoms with E-state index in [1.165, 1.54) is 0 Å². The van der Waals surface area contributed by atoms with E-state index in [9.17, 15) is 8.42 Å². The van der Waals surface area contributed by atoms with Crippen LogP contribution in [0.5, 0.6) is 0 Å². The van der Waals surface area contributed by atoms with Crippen molar-refractivity contribution in [2.45, 2.75) is 31.7 Å². The second-order valence-electron chi connectivity index (χ2n) is 4.69. The highest BCUT2D eigenvalue weighted by molar-refractivity contribution is 7.91. The van der Waals surface area contributed by atoms with E-state index in [-0.39, 0.29) is 18.3 Å². The quantitative estimate of drug-likeness (QED) is 0.615. The monoisotopic (exact) mass is 297 g/mol. The van der Waals surface area contributed by atoms with Crippen molar-refractivity contribution in [3.05, 3.63) is 30.3 Å². The summed E-state index contributed by atoms with van der Waals surface area (Å²) in [6, 6.07) is 8.71. The van der Waals surface area contributed by atoms with Gasteiger partial charge in [0.1, 0.15) is 0 Å². The van der Waals surface area contributed by atoms with Gasteiger partial charge in [0.05, 0.1) is 17.2 Å². The summed E-state index contributed by atoms with van der Waals surface area (Å²) >= 11 is 0. The third-order valence-corrected chi connectivity index (χ3v) is 4.21. The molecule has 20 heavy (non-hydrogen) atoms. The zero-order chi connectivity index (χ0) is 15.0. The standard InChI is InChI=1S/C14H23N3O2S/c1-4-15-14(17-12(2)3)16-10-11-20(18,19)13-8-6-5-7-9-13/h5-9,12H,4,10-11H2,1-3H3,(H2,15,16,17). The Morgan fingerprint density at radius 1 is 1.25 bits per heavy atom. The number of hydrogen-bond donors (Lipinski definition) is 2. The minimum atomic E-state index is -3.26. The van der Waals surface area contributed by atoms with Crippen LogP contribution in [-0.4, -0.2) is 39.3 Å². The lowest BCUT2D eigenvalue weighted by Gasteiger charge is -2.13. The number of sulfone groups is 1. The molecule has 6 heteroatoms. The van der Waals surface area contributed by atoms with E-state index >= 15 is 0 Å². The smallest absolute Gasteiger partial charge is 0.191 e. The molecule has 0 bridgehead atoms. The van der Waals surface area contributed by atoms with Crippen LogP contribution >= 0.6 is 0 Å². The zero-order valence-electron chi connectivity index (χ0n) is 12.3. The lowest BCUT2D eigenvalue weighted by molar-refractivity contribution is 0.596. The molecule has 0 heterocycles. The van der Waals surface area contributed by atoms with Crippen molar-refractivity contribution in [1.29, 1.82) is 0 Å². The lowest BCUT2D eigenvalue weighted by atomic mass is 10.4. The Morgan fingerprint density at radius 2 is 1.90 bits per heavy atom. The topological polar surface area (TPSA) is 70.6 Å². The van der Waals surface area contributed by atoms with Gasteiger partial charge in [0.25, 0.3) is 0 Å². The Labute approximate surface area is 121 Å². The van der Waals surface area contributed by atoms with Crippen molar-refractivity contribution >= 4 is 15.8 Å². The summed E-state index contributed by atoms with van der Waals surface area (Å²) in [4.78, 5) is 4.62. The summed E-state index contributed by atoms with van der Waals surface area (Å²) in [7, 11) is -3.26. The van der Waals surface area contributed by atoms with E-state index in [1.54, 1.807) is 30.3 Å². The van der Waals surface area contributed by atoms with Gasteiger partial charge in [-0.15, -0.1) is 0 Å². The van der Waals surface area contributed by atoms with Gasteiger partial charge in [-0.2, -0.15) is 0 Å². The van der Waals surface area contributed by atoms with Crippen molar-refractivity contribution in [2.24, 2.45) is 4.99 Å². The molecule has 0 atom stereocenters. The molecule has 112 valence electrons. The number of hydrogen-bond acceptors (Lipinski definition) is 3. The number of aliphatic imine (C=N–C) groups is 1. The van der Waals surface area contributed by atoms with E-state index in [0.29, 0.717) is 10.9 Å². The molecule has 2 N–H and O–H groups in total. The van der Waals surface area contributed by atoms with Gasteiger partial charge in [-0.1, -0.05) is 18.2 Å². The average Bonchev–Trinajstić information content (AvgIpc) is 2.39. The SMILES string of the molecule is CCNC(=NCCS(=O)(=O)c1ccccc1)NC(C)C. The molecule has 0 aliphatic carbocycles. The van der Waals surface area contributed by atoms with Gasteiger partial charge in [0.2, 0.25) is 0 Å². The van der Waals surface area contributed by atoms with Gasteiger partial charge < -0.3 is 10.6 Å². The fourth-order valence-electron chi connectivity index (χ4n) is 1.62. The van der Waals surface area contributed by atoms with Crippen molar-refractivity contribution in [3.63, 3.8) is 0 Å². The summed E-state index contributed by atoms with van der Waals surface area (Å²) in [5.41, 5.74) is 0. The lowest BCUT2D eigenvalue weighted by Crippen LogP contribution is -2.41. The molecule has 1 rings (SSSR count). The second kappa shape index (κ2) is 7.89. The van der Waals surface area contributed by atoms with Crippen molar-refractivity contribution in [3.8, 4) is 0 Å². The van der Waals surface area contributed by atoms with Crippen LogP contribution in [-0.2, 0) is 9.84 Å². The highest BCUT2D eigenvalue weighted by Crippen LogP contribution is 2.09. The van der Waals surface area contributed by atoms with E-state index in [2.05, 4.69) is 15.6 Å². The molecular weight excluding hydrogens is 274 g/mol. The van der Waals surface area contributed by atoms with Gasteiger partial charge >= 0.3 is 0 Å². The number of benzene rings is 1. The van der Waals surface area contributed by atoms with Crippen LogP contribution in [0.4, 0.5) is 0 Å². The maximum Gasteiger partial charge on any atom is 0.191 e. The summed E-state index contributed by atoms with van der Waals surface area (Å²) in [5, 5.41) is 6.23. The number of nitrogens with one attached hydrogen (secondary N) is 2. The van der Waals surface area contributed by atoms with E-state index in [1.807, 2.05) is 20.8 Å². The predicted molar refractivity (Wildman–Crippen MR) is 82.7 cm³/mol. The van der Waals surface area contributed by atoms with Crippen molar-refractivity contribution < 1.29 is 8.42 Å². The largest absolute Gasteiger partial charge is 0.357 e. The molecule has 1 aromatic carbocycles. The highest BCUT2D eigenvalue weighted by atomic mass is 32.2. The third-order valence-electron chi connectivity index (χ3n) is 2.50. The predicted octanol–water partition coefficient (Wildman–Crippen LogP) is 1.42. The maximum absolute atomic E-state index is 12.1. The molecule has 0 spiro atoms. The Morgan fingerprint density at radius 3 is 2.45 bits per heavy atom. The third kappa shape index (κ3) is 5.61. The number of nitrogens with zero attached hydrogens (tertiary/aromatic N) is 1. The first-order valence-corrected chi connectivity index (χ1v) is 8.43. The van der Waals surface area contributed by atoms with E-state index in [0.717, 1.165) is 6.54 Å². The van der Waals surface area contributed by atoms with Gasteiger partial charge in [-0.05, 0) is 32.9 Å². The van der Waals surface area contributed by atoms with Gasteiger partial charge in [0.15, 0.2) is 15.8 Å². The average molecular weight is 297 g/mol. The molecule has 0 fully saturated rings. The Balaban J connectivity index is 2.65. The molecule has 1 aromatic rings. The van der Waals surface area contributed by atoms with Crippen LogP contribution in [0.1, 0.15) is 20.8 Å². The molecule has 0 aliphatic heterocycles. The van der Waals surface area contributed by atoms with Gasteiger partial charge in [0, 0.05) is 12.6 Å². The Bertz CT molecular complexity index is 525. The summed E-state index contributed by atoms with van der Waals surface area (Å²) in [6.07, 6.45) is 0. The van der Waals surface area contributed by atoms with Crippen LogP contribution in [0.15, 0.2) is 40.2 Å². The molecule has 0 amide bonds. The normalized spacial score (nSPS) is 12.5. The zero-order valence-corrected chi connectivity index (χ0v) is 13.1. The van der Waals surface area contributed by atoms with Crippen LogP contribution in [0.3, 0.4) is 0 Å². The van der Waals surface area contributed by atoms with Gasteiger partial charge in [-0.25, -0.2) is 8.42 Å². The van der Waals surface area contributed by atoms with Crippen LogP contribution in [0.2, 0.25) is 0 Å². The number of rotatable bonds is 6. The number of guanidine groups is 1.